The minimum atomic E-state index is 0.355. The van der Waals surface area contributed by atoms with Gasteiger partial charge in [-0.15, -0.1) is 0 Å². The summed E-state index contributed by atoms with van der Waals surface area (Å²) in [7, 11) is 0. The van der Waals surface area contributed by atoms with Gasteiger partial charge in [0.25, 0.3) is 0 Å². The fourth-order valence-corrected chi connectivity index (χ4v) is 3.23. The van der Waals surface area contributed by atoms with E-state index < -0.39 is 0 Å². The minimum Gasteiger partial charge on any atom is -0.381 e. The third-order valence-corrected chi connectivity index (χ3v) is 3.80. The van der Waals surface area contributed by atoms with Gasteiger partial charge in [-0.3, -0.25) is 0 Å². The van der Waals surface area contributed by atoms with Crippen molar-refractivity contribution in [1.29, 1.82) is 0 Å². The summed E-state index contributed by atoms with van der Waals surface area (Å²) in [6, 6.07) is 0. The second-order valence-corrected chi connectivity index (χ2v) is 5.80. The molecule has 14 heavy (non-hydrogen) atoms. The highest BCUT2D eigenvalue weighted by Gasteiger charge is 2.42. The van der Waals surface area contributed by atoms with Gasteiger partial charge >= 0.3 is 0 Å². The monoisotopic (exact) mass is 194 g/mol. The van der Waals surface area contributed by atoms with Crippen LogP contribution >= 0.6 is 0 Å². The smallest absolute Gasteiger partial charge is 0.0474 e. The normalized spacial score (nSPS) is 26.6. The van der Waals surface area contributed by atoms with Crippen LogP contribution in [-0.2, 0) is 4.74 Å². The average molecular weight is 194 g/mol. The summed E-state index contributed by atoms with van der Waals surface area (Å²) in [5, 5.41) is 0. The number of allylic oxidation sites excluding steroid dienone is 2. The zero-order valence-corrected chi connectivity index (χ0v) is 9.73. The van der Waals surface area contributed by atoms with E-state index in [-0.39, 0.29) is 0 Å². The Morgan fingerprint density at radius 3 is 2.36 bits per heavy atom. The summed E-state index contributed by atoms with van der Waals surface area (Å²) in [5.74, 6) is 0. The molecule has 1 aliphatic heterocycles. The molecule has 1 saturated heterocycles. The summed E-state index contributed by atoms with van der Waals surface area (Å²) in [6.45, 7) is 8.98. The maximum atomic E-state index is 5.49. The van der Waals surface area contributed by atoms with Crippen LogP contribution in [-0.4, -0.2) is 13.2 Å². The lowest BCUT2D eigenvalue weighted by Gasteiger charge is -2.41. The first kappa shape index (κ1) is 10.2. The maximum Gasteiger partial charge on any atom is 0.0474 e. The topological polar surface area (TPSA) is 9.23 Å². The number of hydrogen-bond acceptors (Lipinski definition) is 1. The molecule has 2 rings (SSSR count). The fraction of sp³-hybridized carbons (Fsp3) is 0.846. The van der Waals surface area contributed by atoms with Crippen LogP contribution in [0, 0.1) is 10.8 Å². The van der Waals surface area contributed by atoms with Crippen molar-refractivity contribution in [1.82, 2.24) is 0 Å². The van der Waals surface area contributed by atoms with Crippen LogP contribution in [0.3, 0.4) is 0 Å². The van der Waals surface area contributed by atoms with Crippen LogP contribution in [0.2, 0.25) is 0 Å². The van der Waals surface area contributed by atoms with Gasteiger partial charge in [0.2, 0.25) is 0 Å². The van der Waals surface area contributed by atoms with Crippen LogP contribution in [0.15, 0.2) is 11.6 Å². The lowest BCUT2D eigenvalue weighted by atomic mass is 9.66. The summed E-state index contributed by atoms with van der Waals surface area (Å²) in [4.78, 5) is 0. The maximum absolute atomic E-state index is 5.49. The quantitative estimate of drug-likeness (QED) is 0.536. The Morgan fingerprint density at radius 1 is 1.14 bits per heavy atom. The predicted octanol–water partition coefficient (Wildman–Crippen LogP) is 3.55. The Balaban J connectivity index is 2.23. The van der Waals surface area contributed by atoms with Crippen LogP contribution in [0.4, 0.5) is 0 Å². The van der Waals surface area contributed by atoms with Gasteiger partial charge in [-0.25, -0.2) is 0 Å². The Kier molecular flexibility index (Phi) is 2.46. The van der Waals surface area contributed by atoms with Crippen molar-refractivity contribution in [2.24, 2.45) is 10.8 Å². The summed E-state index contributed by atoms with van der Waals surface area (Å²) in [5.41, 5.74) is 2.57. The van der Waals surface area contributed by atoms with Gasteiger partial charge in [0.1, 0.15) is 0 Å². The molecule has 0 aromatic carbocycles. The number of hydrogen-bond donors (Lipinski definition) is 0. The third kappa shape index (κ3) is 1.63. The van der Waals surface area contributed by atoms with E-state index in [0.29, 0.717) is 10.8 Å². The molecule has 0 N–H and O–H groups in total. The zero-order valence-electron chi connectivity index (χ0n) is 9.73. The highest BCUT2D eigenvalue weighted by molar-refractivity contribution is 5.26. The van der Waals surface area contributed by atoms with Crippen molar-refractivity contribution in [2.45, 2.75) is 46.5 Å². The van der Waals surface area contributed by atoms with Crippen LogP contribution in [0.25, 0.3) is 0 Å². The van der Waals surface area contributed by atoms with Gasteiger partial charge in [0.05, 0.1) is 0 Å². The Labute approximate surface area is 87.5 Å². The molecule has 0 unspecified atom stereocenters. The molecule has 0 saturated carbocycles. The minimum absolute atomic E-state index is 0.355. The number of rotatable bonds is 0. The van der Waals surface area contributed by atoms with E-state index >= 15 is 0 Å². The fourth-order valence-electron chi connectivity index (χ4n) is 3.23. The summed E-state index contributed by atoms with van der Waals surface area (Å²) >= 11 is 0. The molecule has 1 nitrogen and oxygen atoms in total. The molecular weight excluding hydrogens is 172 g/mol. The van der Waals surface area contributed by atoms with Crippen LogP contribution in [0.1, 0.15) is 46.5 Å². The van der Waals surface area contributed by atoms with Gasteiger partial charge in [-0.05, 0) is 36.5 Å². The van der Waals surface area contributed by atoms with Crippen LogP contribution in [0.5, 0.6) is 0 Å². The molecule has 1 heterocycles. The molecule has 0 aromatic heterocycles. The van der Waals surface area contributed by atoms with Crippen molar-refractivity contribution in [3.63, 3.8) is 0 Å². The molecule has 80 valence electrons. The molecule has 0 atom stereocenters. The Hall–Kier alpha value is -0.300. The largest absolute Gasteiger partial charge is 0.381 e. The highest BCUT2D eigenvalue weighted by Crippen LogP contribution is 2.53. The standard InChI is InChI=1S/C13H22O/c1-12(2,3)11-5-4-6-13(11)7-9-14-10-8-13/h5H,4,6-10H2,1-3H3. The van der Waals surface area contributed by atoms with Gasteiger partial charge in [-0.1, -0.05) is 32.4 Å². The molecule has 1 aliphatic carbocycles. The van der Waals surface area contributed by atoms with Gasteiger partial charge in [-0.2, -0.15) is 0 Å². The third-order valence-electron chi connectivity index (χ3n) is 3.80. The van der Waals surface area contributed by atoms with E-state index in [0.717, 1.165) is 13.2 Å². The van der Waals surface area contributed by atoms with E-state index in [4.69, 9.17) is 4.74 Å². The first-order valence-corrected chi connectivity index (χ1v) is 5.83. The predicted molar refractivity (Wildman–Crippen MR) is 59.3 cm³/mol. The Morgan fingerprint density at radius 2 is 1.79 bits per heavy atom. The molecule has 0 bridgehead atoms. The van der Waals surface area contributed by atoms with E-state index in [2.05, 4.69) is 26.8 Å². The first-order valence-electron chi connectivity index (χ1n) is 5.83. The van der Waals surface area contributed by atoms with Crippen molar-refractivity contribution in [3.05, 3.63) is 11.6 Å². The average Bonchev–Trinajstić information content (AvgIpc) is 2.49. The lowest BCUT2D eigenvalue weighted by Crippen LogP contribution is -2.33. The van der Waals surface area contributed by atoms with E-state index in [1.807, 2.05) is 0 Å². The van der Waals surface area contributed by atoms with Crippen LogP contribution < -0.4 is 0 Å². The molecule has 2 aliphatic rings. The molecule has 0 radical (unpaired) electrons. The molecule has 0 amide bonds. The SMILES string of the molecule is CC(C)(C)C1=CCCC12CCOCC2. The van der Waals surface area contributed by atoms with Crippen molar-refractivity contribution < 1.29 is 4.74 Å². The van der Waals surface area contributed by atoms with Gasteiger partial charge in [0, 0.05) is 13.2 Å². The second-order valence-electron chi connectivity index (χ2n) is 5.80. The van der Waals surface area contributed by atoms with Crippen molar-refractivity contribution in [2.75, 3.05) is 13.2 Å². The van der Waals surface area contributed by atoms with E-state index in [9.17, 15) is 0 Å². The molecule has 1 heteroatoms. The molecule has 0 aromatic rings. The lowest BCUT2D eigenvalue weighted by molar-refractivity contribution is 0.0256. The van der Waals surface area contributed by atoms with Gasteiger partial charge in [0.15, 0.2) is 0 Å². The first-order chi connectivity index (χ1) is 6.55. The van der Waals surface area contributed by atoms with E-state index in [1.54, 1.807) is 5.57 Å². The summed E-state index contributed by atoms with van der Waals surface area (Å²) < 4.78 is 5.49. The van der Waals surface area contributed by atoms with E-state index in [1.165, 1.54) is 25.7 Å². The molecule has 1 spiro atoms. The Bertz CT molecular complexity index is 238. The zero-order chi connectivity index (χ0) is 10.2. The molecule has 1 fully saturated rings. The second kappa shape index (κ2) is 3.37. The van der Waals surface area contributed by atoms with Crippen molar-refractivity contribution >= 4 is 0 Å². The summed E-state index contributed by atoms with van der Waals surface area (Å²) in [6.07, 6.45) is 7.63. The van der Waals surface area contributed by atoms with Crippen molar-refractivity contribution in [3.8, 4) is 0 Å². The molecular formula is C13H22O. The highest BCUT2D eigenvalue weighted by atomic mass is 16.5. The number of ether oxygens (including phenoxy) is 1. The van der Waals surface area contributed by atoms with Gasteiger partial charge < -0.3 is 4.74 Å².